The Morgan fingerprint density at radius 2 is 1.81 bits per heavy atom. The zero-order valence-corrected chi connectivity index (χ0v) is 18.2. The van der Waals surface area contributed by atoms with Crippen molar-refractivity contribution in [2.45, 2.75) is 52.4 Å². The molecule has 0 bridgehead atoms. The van der Waals surface area contributed by atoms with Gasteiger partial charge < -0.3 is 14.3 Å². The Labute approximate surface area is 181 Å². The third kappa shape index (κ3) is 5.08. The van der Waals surface area contributed by atoms with E-state index < -0.39 is 29.3 Å². The third-order valence-electron chi connectivity index (χ3n) is 6.18. The summed E-state index contributed by atoms with van der Waals surface area (Å²) in [7, 11) is 0. The van der Waals surface area contributed by atoms with Crippen LogP contribution in [0.4, 0.5) is 5.69 Å². The number of β-lactam (4-membered cyclic amide) rings is 1. The highest BCUT2D eigenvalue weighted by Gasteiger charge is 2.55. The number of carbonyl (C=O) groups is 3. The molecule has 1 aliphatic heterocycles. The fraction of sp³-hybridized carbons (Fsp3) is 0.571. The molecule has 0 radical (unpaired) electrons. The van der Waals surface area contributed by atoms with Gasteiger partial charge in [-0.05, 0) is 38.5 Å². The number of benzene rings is 1. The molecule has 10 nitrogen and oxygen atoms in total. The minimum Gasteiger partial charge on any atom is -0.459 e. The molecule has 0 aliphatic carbocycles. The van der Waals surface area contributed by atoms with E-state index in [1.165, 1.54) is 29.2 Å². The van der Waals surface area contributed by atoms with Gasteiger partial charge in [0.05, 0.1) is 37.6 Å². The van der Waals surface area contributed by atoms with Gasteiger partial charge in [0, 0.05) is 18.6 Å². The van der Waals surface area contributed by atoms with E-state index in [0.717, 1.165) is 19.6 Å². The lowest BCUT2D eigenvalue weighted by Crippen LogP contribution is -2.74. The van der Waals surface area contributed by atoms with Crippen molar-refractivity contribution in [3.8, 4) is 0 Å². The number of non-ortho nitro benzene ring substituents is 1. The molecule has 0 saturated carbocycles. The van der Waals surface area contributed by atoms with Gasteiger partial charge in [0.25, 0.3) is 5.69 Å². The number of ether oxygens (including phenoxy) is 1. The highest BCUT2D eigenvalue weighted by atomic mass is 16.6. The summed E-state index contributed by atoms with van der Waals surface area (Å²) in [5.74, 6) is -1.74. The first-order valence-electron chi connectivity index (χ1n) is 10.4. The molecular weight excluding hydrogens is 406 g/mol. The Morgan fingerprint density at radius 3 is 2.26 bits per heavy atom. The van der Waals surface area contributed by atoms with Crippen LogP contribution in [0.2, 0.25) is 0 Å². The van der Waals surface area contributed by atoms with Crippen LogP contribution in [-0.2, 0) is 25.7 Å². The van der Waals surface area contributed by atoms with Gasteiger partial charge in [-0.2, -0.15) is 0 Å². The maximum atomic E-state index is 12.9. The molecule has 1 aromatic rings. The molecule has 0 aromatic heterocycles. The molecule has 1 heterocycles. The molecule has 31 heavy (non-hydrogen) atoms. The van der Waals surface area contributed by atoms with Crippen LogP contribution < -0.4 is 0 Å². The SMILES string of the molecule is CC[N+](CC)(CC)C1CC(=O)N1C(C(=O)CCO)C(=O)OCc1ccc([N+](=O)[O-])cc1. The molecule has 1 aliphatic rings. The molecule has 1 aromatic carbocycles. The quantitative estimate of drug-likeness (QED) is 0.131. The van der Waals surface area contributed by atoms with Crippen molar-refractivity contribution in [1.82, 2.24) is 4.90 Å². The van der Waals surface area contributed by atoms with Gasteiger partial charge in [-0.1, -0.05) is 0 Å². The number of carbonyl (C=O) groups excluding carboxylic acids is 3. The first-order chi connectivity index (χ1) is 14.7. The summed E-state index contributed by atoms with van der Waals surface area (Å²) in [4.78, 5) is 49.6. The number of likely N-dealkylation sites (tertiary alicyclic amines) is 1. The number of hydrogen-bond acceptors (Lipinski definition) is 7. The van der Waals surface area contributed by atoms with Crippen LogP contribution >= 0.6 is 0 Å². The Hall–Kier alpha value is -2.85. The fourth-order valence-electron chi connectivity index (χ4n) is 4.08. The van der Waals surface area contributed by atoms with Crippen molar-refractivity contribution in [2.75, 3.05) is 26.2 Å². The maximum Gasteiger partial charge on any atom is 0.337 e. The molecule has 1 fully saturated rings. The Bertz CT molecular complexity index is 813. The van der Waals surface area contributed by atoms with Gasteiger partial charge >= 0.3 is 5.97 Å². The van der Waals surface area contributed by atoms with Crippen LogP contribution in [0.1, 0.15) is 39.2 Å². The van der Waals surface area contributed by atoms with E-state index in [2.05, 4.69) is 0 Å². The summed E-state index contributed by atoms with van der Waals surface area (Å²) in [6, 6.07) is 4.09. The molecule has 2 unspecified atom stereocenters. The van der Waals surface area contributed by atoms with Gasteiger partial charge in [-0.3, -0.25) is 24.6 Å². The number of nitro benzene ring substituents is 1. The lowest BCUT2D eigenvalue weighted by Gasteiger charge is -2.53. The maximum absolute atomic E-state index is 12.9. The second-order valence-corrected chi connectivity index (χ2v) is 7.53. The lowest BCUT2D eigenvalue weighted by atomic mass is 9.97. The van der Waals surface area contributed by atoms with Crippen LogP contribution in [0.3, 0.4) is 0 Å². The van der Waals surface area contributed by atoms with Crippen LogP contribution in [0, 0.1) is 10.1 Å². The smallest absolute Gasteiger partial charge is 0.337 e. The Kier molecular flexibility index (Phi) is 8.23. The largest absolute Gasteiger partial charge is 0.459 e. The molecule has 2 rings (SSSR count). The summed E-state index contributed by atoms with van der Waals surface area (Å²) in [5.41, 5.74) is 0.424. The van der Waals surface area contributed by atoms with Gasteiger partial charge in [-0.25, -0.2) is 4.79 Å². The molecule has 10 heteroatoms. The van der Waals surface area contributed by atoms with Crippen LogP contribution in [0.5, 0.6) is 0 Å². The normalized spacial score (nSPS) is 17.1. The number of ketones is 1. The fourth-order valence-corrected chi connectivity index (χ4v) is 4.08. The number of hydrogen-bond donors (Lipinski definition) is 1. The van der Waals surface area contributed by atoms with Gasteiger partial charge in [0.15, 0.2) is 18.0 Å². The predicted molar refractivity (Wildman–Crippen MR) is 111 cm³/mol. The van der Waals surface area contributed by atoms with Crippen molar-refractivity contribution in [3.63, 3.8) is 0 Å². The van der Waals surface area contributed by atoms with Crippen molar-refractivity contribution in [2.24, 2.45) is 0 Å². The zero-order chi connectivity index (χ0) is 23.2. The van der Waals surface area contributed by atoms with Crippen molar-refractivity contribution >= 4 is 23.3 Å². The third-order valence-corrected chi connectivity index (χ3v) is 6.18. The Morgan fingerprint density at radius 1 is 1.23 bits per heavy atom. The number of Topliss-reactive ketones (excluding diaryl/α,β-unsaturated/α-hetero) is 1. The zero-order valence-electron chi connectivity index (χ0n) is 18.2. The minimum absolute atomic E-state index is 0.0899. The average Bonchev–Trinajstić information content (AvgIpc) is 2.76. The number of rotatable bonds is 12. The molecule has 1 N–H and O–H groups in total. The van der Waals surface area contributed by atoms with Gasteiger partial charge in [0.1, 0.15) is 6.61 Å². The van der Waals surface area contributed by atoms with E-state index in [9.17, 15) is 29.6 Å². The second kappa shape index (κ2) is 10.5. The minimum atomic E-state index is -1.42. The summed E-state index contributed by atoms with van der Waals surface area (Å²) in [5, 5.41) is 20.0. The number of esters is 1. The van der Waals surface area contributed by atoms with Crippen molar-refractivity contribution in [1.29, 1.82) is 0 Å². The van der Waals surface area contributed by atoms with Gasteiger partial charge in [0.2, 0.25) is 5.91 Å². The van der Waals surface area contributed by atoms with E-state index in [1.54, 1.807) is 0 Å². The van der Waals surface area contributed by atoms with Crippen molar-refractivity contribution in [3.05, 3.63) is 39.9 Å². The number of aliphatic hydroxyl groups is 1. The van der Waals surface area contributed by atoms with E-state index in [1.807, 2.05) is 20.8 Å². The lowest BCUT2D eigenvalue weighted by molar-refractivity contribution is -0.959. The van der Waals surface area contributed by atoms with Crippen LogP contribution in [0.25, 0.3) is 0 Å². The van der Waals surface area contributed by atoms with Crippen molar-refractivity contribution < 1.29 is 33.6 Å². The van der Waals surface area contributed by atoms with E-state index in [4.69, 9.17) is 4.74 Å². The van der Waals surface area contributed by atoms with E-state index >= 15 is 0 Å². The molecule has 2 atom stereocenters. The standard InChI is InChI=1S/C21H30N3O7/c1-4-24(5-2,6-3)18-13-19(27)22(18)20(17(26)11-12-25)21(28)31-14-15-7-9-16(10-8-15)23(29)30/h7-10,18,20,25H,4-6,11-14H2,1-3H3/q+1. The van der Waals surface area contributed by atoms with Crippen LogP contribution in [0.15, 0.2) is 24.3 Å². The highest BCUT2D eigenvalue weighted by molar-refractivity contribution is 6.07. The number of quaternary nitrogens is 1. The molecule has 1 amide bonds. The average molecular weight is 436 g/mol. The predicted octanol–water partition coefficient (Wildman–Crippen LogP) is 1.39. The van der Waals surface area contributed by atoms with Gasteiger partial charge in [-0.15, -0.1) is 0 Å². The first kappa shape index (κ1) is 24.4. The number of aliphatic hydroxyl groups excluding tert-OH is 1. The summed E-state index contributed by atoms with van der Waals surface area (Å²) in [6.07, 6.45) is -0.334. The summed E-state index contributed by atoms with van der Waals surface area (Å²) in [6.45, 7) is 7.59. The molecular formula is C21H30N3O7+. The number of nitro groups is 1. The number of nitrogens with zero attached hydrogens (tertiary/aromatic N) is 3. The number of amides is 1. The van der Waals surface area contributed by atoms with Crippen LogP contribution in [-0.4, -0.2) is 75.5 Å². The summed E-state index contributed by atoms with van der Waals surface area (Å²) >= 11 is 0. The molecule has 0 spiro atoms. The van der Waals surface area contributed by atoms with E-state index in [0.29, 0.717) is 10.0 Å². The summed E-state index contributed by atoms with van der Waals surface area (Å²) < 4.78 is 5.87. The second-order valence-electron chi connectivity index (χ2n) is 7.53. The monoisotopic (exact) mass is 436 g/mol. The highest BCUT2D eigenvalue weighted by Crippen LogP contribution is 2.32. The Balaban J connectivity index is 2.22. The molecule has 1 saturated heterocycles. The van der Waals surface area contributed by atoms with E-state index in [-0.39, 0.29) is 37.2 Å². The topological polar surface area (TPSA) is 127 Å². The molecule has 170 valence electrons. The first-order valence-corrected chi connectivity index (χ1v) is 10.4.